The van der Waals surface area contributed by atoms with Gasteiger partial charge in [-0.15, -0.1) is 0 Å². The fourth-order valence-electron chi connectivity index (χ4n) is 5.23. The highest BCUT2D eigenvalue weighted by molar-refractivity contribution is 7.80. The van der Waals surface area contributed by atoms with Gasteiger partial charge in [0.15, 0.2) is 5.11 Å². The first-order valence-corrected chi connectivity index (χ1v) is 13.3. The molecule has 2 saturated heterocycles. The molecule has 1 aromatic heterocycles. The normalized spacial score (nSPS) is 16.5. The van der Waals surface area contributed by atoms with Crippen molar-refractivity contribution in [3.05, 3.63) is 54.4 Å². The number of thiocarbonyl (C=S) groups is 1. The van der Waals surface area contributed by atoms with Crippen LogP contribution in [-0.4, -0.2) is 71.4 Å². The number of benzene rings is 2. The minimum atomic E-state index is 0.142. The molecule has 1 amide bonds. The van der Waals surface area contributed by atoms with Gasteiger partial charge in [-0.25, -0.2) is 0 Å². The average molecular weight is 536 g/mol. The molecule has 2 aliphatic heterocycles. The van der Waals surface area contributed by atoms with Crippen molar-refractivity contribution in [2.75, 3.05) is 45.7 Å². The van der Waals surface area contributed by atoms with Gasteiger partial charge in [0.2, 0.25) is 17.6 Å². The summed E-state index contributed by atoms with van der Waals surface area (Å²) < 4.78 is 15.9. The van der Waals surface area contributed by atoms with E-state index in [9.17, 15) is 4.79 Å². The molecule has 0 aliphatic carbocycles. The number of rotatable bonds is 7. The van der Waals surface area contributed by atoms with Crippen LogP contribution < -0.4 is 14.8 Å². The number of nitrogens with one attached hydrogen (secondary N) is 1. The molecule has 0 atom stereocenters. The Labute approximate surface area is 228 Å². The molecule has 5 rings (SSSR count). The molecule has 2 aromatic carbocycles. The zero-order valence-corrected chi connectivity index (χ0v) is 22.6. The maximum absolute atomic E-state index is 13.0. The quantitative estimate of drug-likeness (QED) is 0.442. The Morgan fingerprint density at radius 1 is 1.03 bits per heavy atom. The molecular weight excluding hydrogens is 502 g/mol. The van der Waals surface area contributed by atoms with Crippen molar-refractivity contribution in [2.45, 2.75) is 32.1 Å². The molecule has 0 saturated carbocycles. The molecule has 1 spiro atoms. The second-order valence-electron chi connectivity index (χ2n) is 9.95. The maximum atomic E-state index is 13.0. The van der Waals surface area contributed by atoms with Crippen molar-refractivity contribution in [3.8, 4) is 22.9 Å². The smallest absolute Gasteiger partial charge is 0.227 e. The van der Waals surface area contributed by atoms with Crippen LogP contribution in [0.4, 0.5) is 5.69 Å². The lowest BCUT2D eigenvalue weighted by molar-refractivity contribution is -0.130. The van der Waals surface area contributed by atoms with Crippen LogP contribution in [0.2, 0.25) is 0 Å². The monoisotopic (exact) mass is 535 g/mol. The molecule has 38 heavy (non-hydrogen) atoms. The lowest BCUT2D eigenvalue weighted by atomic mass is 9.78. The van der Waals surface area contributed by atoms with Crippen molar-refractivity contribution in [3.63, 3.8) is 0 Å². The number of piperidine rings is 1. The number of hydrogen-bond acceptors (Lipinski definition) is 7. The van der Waals surface area contributed by atoms with Crippen molar-refractivity contribution in [2.24, 2.45) is 5.41 Å². The van der Waals surface area contributed by atoms with Crippen LogP contribution in [0.3, 0.4) is 0 Å². The van der Waals surface area contributed by atoms with Crippen molar-refractivity contribution >= 4 is 28.9 Å². The number of aryl methyl sites for hydroxylation is 1. The summed E-state index contributed by atoms with van der Waals surface area (Å²) in [6.07, 6.45) is 3.87. The zero-order chi connectivity index (χ0) is 26.5. The molecule has 2 aliphatic rings. The van der Waals surface area contributed by atoms with Gasteiger partial charge >= 0.3 is 0 Å². The number of ether oxygens (including phenoxy) is 2. The first-order valence-electron chi connectivity index (χ1n) is 12.9. The number of carbonyl (C=O) groups excluding carboxylic acids is 1. The summed E-state index contributed by atoms with van der Waals surface area (Å²) in [7, 11) is 3.28. The van der Waals surface area contributed by atoms with E-state index < -0.39 is 0 Å². The van der Waals surface area contributed by atoms with Gasteiger partial charge in [0.25, 0.3) is 0 Å². The van der Waals surface area contributed by atoms with E-state index in [0.29, 0.717) is 24.6 Å². The third-order valence-corrected chi connectivity index (χ3v) is 7.95. The first kappa shape index (κ1) is 26.0. The number of aromatic nitrogens is 2. The number of likely N-dealkylation sites (tertiary alicyclic amines) is 2. The third kappa shape index (κ3) is 5.91. The molecule has 9 nitrogen and oxygen atoms in total. The Hall–Kier alpha value is -3.66. The summed E-state index contributed by atoms with van der Waals surface area (Å²) in [6.45, 7) is 3.37. The van der Waals surface area contributed by atoms with E-state index in [4.69, 9.17) is 26.2 Å². The van der Waals surface area contributed by atoms with Crippen LogP contribution in [-0.2, 0) is 11.2 Å². The van der Waals surface area contributed by atoms with E-state index in [1.165, 1.54) is 0 Å². The highest BCUT2D eigenvalue weighted by Gasteiger charge is 2.42. The third-order valence-electron chi connectivity index (χ3n) is 7.59. The Bertz CT molecular complexity index is 1270. The molecule has 0 radical (unpaired) electrons. The first-order chi connectivity index (χ1) is 18.5. The number of hydrogen-bond donors (Lipinski definition) is 1. The molecule has 2 fully saturated rings. The van der Waals surface area contributed by atoms with Gasteiger partial charge in [0.1, 0.15) is 11.5 Å². The predicted molar refractivity (Wildman–Crippen MR) is 148 cm³/mol. The van der Waals surface area contributed by atoms with Crippen molar-refractivity contribution < 1.29 is 18.8 Å². The summed E-state index contributed by atoms with van der Waals surface area (Å²) in [5, 5.41) is 8.12. The SMILES string of the molecule is COc1ccc(-c2noc(CCC(=O)N3CCC4(CCN(C(=S)Nc5cccc(OC)c5)CC4)C3)n2)cc1. The highest BCUT2D eigenvalue weighted by atomic mass is 32.1. The fourth-order valence-corrected chi connectivity index (χ4v) is 5.53. The minimum Gasteiger partial charge on any atom is -0.497 e. The van der Waals surface area contributed by atoms with Crippen LogP contribution >= 0.6 is 12.2 Å². The Morgan fingerprint density at radius 3 is 2.45 bits per heavy atom. The van der Waals surface area contributed by atoms with E-state index in [1.54, 1.807) is 14.2 Å². The van der Waals surface area contributed by atoms with Gasteiger partial charge in [0.05, 0.1) is 14.2 Å². The van der Waals surface area contributed by atoms with Gasteiger partial charge in [-0.1, -0.05) is 11.2 Å². The molecule has 3 heterocycles. The zero-order valence-electron chi connectivity index (χ0n) is 21.8. The molecule has 0 unspecified atom stereocenters. The molecular formula is C28H33N5O4S. The van der Waals surface area contributed by atoms with Gasteiger partial charge in [-0.2, -0.15) is 4.98 Å². The standard InChI is InChI=1S/C28H33N5O4S/c1-35-22-8-6-20(7-9-22)26-30-24(37-31-26)10-11-25(34)33-17-14-28(19-33)12-15-32(16-13-28)27(38)29-21-4-3-5-23(18-21)36-2/h3-9,18H,10-17,19H2,1-2H3,(H,29,38). The molecule has 1 N–H and O–H groups in total. The van der Waals surface area contributed by atoms with E-state index in [0.717, 1.165) is 73.3 Å². The van der Waals surface area contributed by atoms with Crippen LogP contribution in [0.25, 0.3) is 11.4 Å². The number of carbonyl (C=O) groups is 1. The van der Waals surface area contributed by atoms with E-state index in [1.807, 2.05) is 53.4 Å². The predicted octanol–water partition coefficient (Wildman–Crippen LogP) is 4.40. The second-order valence-corrected chi connectivity index (χ2v) is 10.3. The summed E-state index contributed by atoms with van der Waals surface area (Å²) >= 11 is 5.67. The molecule has 10 heteroatoms. The van der Waals surface area contributed by atoms with Crippen LogP contribution in [0.15, 0.2) is 53.1 Å². The Balaban J connectivity index is 1.08. The summed E-state index contributed by atoms with van der Waals surface area (Å²) in [6, 6.07) is 15.2. The van der Waals surface area contributed by atoms with Gasteiger partial charge in [-0.3, -0.25) is 4.79 Å². The Morgan fingerprint density at radius 2 is 1.74 bits per heavy atom. The molecule has 0 bridgehead atoms. The summed E-state index contributed by atoms with van der Waals surface area (Å²) in [4.78, 5) is 21.7. The number of amides is 1. The largest absolute Gasteiger partial charge is 0.497 e. The lowest BCUT2D eigenvalue weighted by Crippen LogP contribution is -2.46. The van der Waals surface area contributed by atoms with Gasteiger partial charge < -0.3 is 29.1 Å². The summed E-state index contributed by atoms with van der Waals surface area (Å²) in [5.74, 6) is 2.69. The van der Waals surface area contributed by atoms with Crippen molar-refractivity contribution in [1.82, 2.24) is 19.9 Å². The lowest BCUT2D eigenvalue weighted by Gasteiger charge is -2.40. The number of anilines is 1. The topological polar surface area (TPSA) is 93.0 Å². The molecule has 200 valence electrons. The maximum Gasteiger partial charge on any atom is 0.227 e. The van der Waals surface area contributed by atoms with Crippen molar-refractivity contribution in [1.29, 1.82) is 0 Å². The van der Waals surface area contributed by atoms with E-state index in [2.05, 4.69) is 20.4 Å². The van der Waals surface area contributed by atoms with Gasteiger partial charge in [-0.05, 0) is 73.3 Å². The minimum absolute atomic E-state index is 0.142. The fraction of sp³-hybridized carbons (Fsp3) is 0.429. The van der Waals surface area contributed by atoms with E-state index in [-0.39, 0.29) is 11.3 Å². The van der Waals surface area contributed by atoms with Crippen LogP contribution in [0, 0.1) is 5.41 Å². The number of methoxy groups -OCH3 is 2. The average Bonchev–Trinajstić information content (AvgIpc) is 3.60. The van der Waals surface area contributed by atoms with Crippen LogP contribution in [0.5, 0.6) is 11.5 Å². The van der Waals surface area contributed by atoms with Gasteiger partial charge in [0, 0.05) is 56.3 Å². The number of nitrogens with zero attached hydrogens (tertiary/aromatic N) is 4. The highest BCUT2D eigenvalue weighted by Crippen LogP contribution is 2.40. The van der Waals surface area contributed by atoms with Crippen LogP contribution in [0.1, 0.15) is 31.6 Å². The second kappa shape index (κ2) is 11.4. The van der Waals surface area contributed by atoms with E-state index >= 15 is 0 Å². The molecule has 3 aromatic rings. The summed E-state index contributed by atoms with van der Waals surface area (Å²) in [5.41, 5.74) is 1.94. The Kier molecular flexibility index (Phi) is 7.78.